The Morgan fingerprint density at radius 1 is 1.14 bits per heavy atom. The average molecular weight is 477 g/mol. The van der Waals surface area contributed by atoms with Crippen LogP contribution in [0.1, 0.15) is 61.5 Å². The molecule has 2 N–H and O–H groups in total. The molecule has 8 nitrogen and oxygen atoms in total. The van der Waals surface area contributed by atoms with E-state index >= 15 is 0 Å². The number of hydrogen-bond donors (Lipinski definition) is 2. The Kier molecular flexibility index (Phi) is 6.25. The van der Waals surface area contributed by atoms with E-state index in [0.29, 0.717) is 31.6 Å². The van der Waals surface area contributed by atoms with E-state index in [1.165, 1.54) is 19.3 Å². The summed E-state index contributed by atoms with van der Waals surface area (Å²) in [5.74, 6) is 0.324. The first-order chi connectivity index (χ1) is 16.7. The number of carbonyl (C=O) groups is 2. The molecule has 1 spiro atoms. The molecule has 2 fully saturated rings. The van der Waals surface area contributed by atoms with Gasteiger partial charge in [0.2, 0.25) is 11.9 Å². The minimum atomic E-state index is -0.643. The summed E-state index contributed by atoms with van der Waals surface area (Å²) in [6.07, 6.45) is 8.10. The normalized spacial score (nSPS) is 24.8. The van der Waals surface area contributed by atoms with Crippen molar-refractivity contribution in [3.05, 3.63) is 53.3 Å². The third-order valence-corrected chi connectivity index (χ3v) is 7.30. The van der Waals surface area contributed by atoms with Gasteiger partial charge in [0.25, 0.3) is 5.91 Å². The van der Waals surface area contributed by atoms with E-state index in [2.05, 4.69) is 30.4 Å². The lowest BCUT2D eigenvalue weighted by Crippen LogP contribution is -2.62. The summed E-state index contributed by atoms with van der Waals surface area (Å²) in [5, 5.41) is 6.41. The van der Waals surface area contributed by atoms with Crippen LogP contribution in [0.4, 0.5) is 5.95 Å². The molecule has 1 aromatic carbocycles. The standard InChI is InChI=1S/C27H36N6O2/c1-26(2,3)30-24(35)22-17-32(16-19-14-28-25(29-15-19)33-11-7-4-8-12-33)18-27(22)13-20-9-5-6-10-21(20)23(34)31-27/h5-6,9-10,14-15,22H,4,7-8,11-13,16-18H2,1-3H3,(H,30,35)(H,31,34)/t22-,27-/m0/s1. The first-order valence-corrected chi connectivity index (χ1v) is 12.7. The van der Waals surface area contributed by atoms with Gasteiger partial charge in [-0.1, -0.05) is 18.2 Å². The molecular formula is C27H36N6O2. The summed E-state index contributed by atoms with van der Waals surface area (Å²) in [6, 6.07) is 7.71. The predicted molar refractivity (Wildman–Crippen MR) is 135 cm³/mol. The van der Waals surface area contributed by atoms with Gasteiger partial charge in [-0.3, -0.25) is 14.5 Å². The molecule has 8 heteroatoms. The Morgan fingerprint density at radius 3 is 2.57 bits per heavy atom. The van der Waals surface area contributed by atoms with E-state index in [1.54, 1.807) is 0 Å². The molecular weight excluding hydrogens is 440 g/mol. The van der Waals surface area contributed by atoms with Crippen molar-refractivity contribution >= 4 is 17.8 Å². The fraction of sp³-hybridized carbons (Fsp3) is 0.556. The maximum atomic E-state index is 13.5. The first-order valence-electron chi connectivity index (χ1n) is 12.7. The third kappa shape index (κ3) is 5.03. The molecule has 186 valence electrons. The Bertz CT molecular complexity index is 1090. The van der Waals surface area contributed by atoms with E-state index in [4.69, 9.17) is 0 Å². The fourth-order valence-corrected chi connectivity index (χ4v) is 5.74. The summed E-state index contributed by atoms with van der Waals surface area (Å²) < 4.78 is 0. The molecule has 0 aliphatic carbocycles. The molecule has 0 radical (unpaired) electrons. The van der Waals surface area contributed by atoms with Crippen molar-refractivity contribution in [1.29, 1.82) is 0 Å². The van der Waals surface area contributed by atoms with Crippen molar-refractivity contribution in [3.63, 3.8) is 0 Å². The summed E-state index contributed by atoms with van der Waals surface area (Å²) in [7, 11) is 0. The molecule has 2 amide bonds. The summed E-state index contributed by atoms with van der Waals surface area (Å²) >= 11 is 0. The lowest BCUT2D eigenvalue weighted by molar-refractivity contribution is -0.127. The number of hydrogen-bond acceptors (Lipinski definition) is 6. The van der Waals surface area contributed by atoms with Gasteiger partial charge in [0.15, 0.2) is 0 Å². The maximum Gasteiger partial charge on any atom is 0.252 e. The summed E-state index contributed by atoms with van der Waals surface area (Å²) in [4.78, 5) is 40.3. The Morgan fingerprint density at radius 2 is 1.86 bits per heavy atom. The molecule has 0 saturated carbocycles. The molecule has 2 saturated heterocycles. The van der Waals surface area contributed by atoms with E-state index < -0.39 is 5.54 Å². The van der Waals surface area contributed by atoms with Crippen LogP contribution in [0.2, 0.25) is 0 Å². The third-order valence-electron chi connectivity index (χ3n) is 7.30. The van der Waals surface area contributed by atoms with Gasteiger partial charge in [0, 0.05) is 61.8 Å². The van der Waals surface area contributed by atoms with Crippen molar-refractivity contribution < 1.29 is 9.59 Å². The average Bonchev–Trinajstić information content (AvgIpc) is 3.15. The van der Waals surface area contributed by atoms with Crippen molar-refractivity contribution in [3.8, 4) is 0 Å². The van der Waals surface area contributed by atoms with Crippen LogP contribution in [0.5, 0.6) is 0 Å². The van der Waals surface area contributed by atoms with Gasteiger partial charge in [-0.15, -0.1) is 0 Å². The number of nitrogens with one attached hydrogen (secondary N) is 2. The van der Waals surface area contributed by atoms with E-state index in [9.17, 15) is 9.59 Å². The zero-order chi connectivity index (χ0) is 24.6. The van der Waals surface area contributed by atoms with Crippen LogP contribution in [0.3, 0.4) is 0 Å². The van der Waals surface area contributed by atoms with Gasteiger partial charge in [-0.05, 0) is 58.1 Å². The number of benzene rings is 1. The number of fused-ring (bicyclic) bond motifs is 1. The number of nitrogens with zero attached hydrogens (tertiary/aromatic N) is 4. The summed E-state index contributed by atoms with van der Waals surface area (Å²) in [5.41, 5.74) is 1.73. The van der Waals surface area contributed by atoms with Crippen molar-refractivity contribution in [2.45, 2.75) is 64.1 Å². The van der Waals surface area contributed by atoms with E-state index in [-0.39, 0.29) is 23.3 Å². The van der Waals surface area contributed by atoms with Crippen LogP contribution in [-0.2, 0) is 17.8 Å². The number of piperidine rings is 1. The zero-order valence-corrected chi connectivity index (χ0v) is 21.0. The lowest BCUT2D eigenvalue weighted by atomic mass is 9.76. The molecule has 3 aliphatic heterocycles. The van der Waals surface area contributed by atoms with Gasteiger partial charge >= 0.3 is 0 Å². The molecule has 3 aliphatic rings. The predicted octanol–water partition coefficient (Wildman–Crippen LogP) is 2.54. The second kappa shape index (κ2) is 9.22. The monoisotopic (exact) mass is 476 g/mol. The topological polar surface area (TPSA) is 90.5 Å². The number of carbonyl (C=O) groups excluding carboxylic acids is 2. The van der Waals surface area contributed by atoms with Crippen LogP contribution in [0, 0.1) is 5.92 Å². The number of anilines is 1. The van der Waals surface area contributed by atoms with Gasteiger partial charge in [0.05, 0.1) is 11.5 Å². The highest BCUT2D eigenvalue weighted by atomic mass is 16.2. The second-order valence-corrected chi connectivity index (χ2v) is 11.3. The fourth-order valence-electron chi connectivity index (χ4n) is 5.74. The number of amides is 2. The zero-order valence-electron chi connectivity index (χ0n) is 21.0. The van der Waals surface area contributed by atoms with E-state index in [1.807, 2.05) is 57.4 Å². The molecule has 2 atom stereocenters. The van der Waals surface area contributed by atoms with Crippen LogP contribution in [0.25, 0.3) is 0 Å². The van der Waals surface area contributed by atoms with Crippen LogP contribution in [0.15, 0.2) is 36.7 Å². The van der Waals surface area contributed by atoms with Crippen molar-refractivity contribution in [2.24, 2.45) is 5.92 Å². The SMILES string of the molecule is CC(C)(C)NC(=O)[C@@H]1CN(Cc2cnc(N3CCCCC3)nc2)C[C@@]12Cc1ccccc1C(=O)N2. The molecule has 35 heavy (non-hydrogen) atoms. The quantitative estimate of drug-likeness (QED) is 0.705. The number of likely N-dealkylation sites (tertiary alicyclic amines) is 1. The molecule has 1 aromatic heterocycles. The van der Waals surface area contributed by atoms with Crippen LogP contribution >= 0.6 is 0 Å². The van der Waals surface area contributed by atoms with Crippen LogP contribution in [-0.4, -0.2) is 63.9 Å². The van der Waals surface area contributed by atoms with E-state index in [0.717, 1.165) is 30.2 Å². The lowest BCUT2D eigenvalue weighted by Gasteiger charge is -2.40. The van der Waals surface area contributed by atoms with Crippen LogP contribution < -0.4 is 15.5 Å². The van der Waals surface area contributed by atoms with Gasteiger partial charge in [0.1, 0.15) is 0 Å². The minimum absolute atomic E-state index is 0.0172. The Labute approximate surface area is 207 Å². The largest absolute Gasteiger partial charge is 0.351 e. The van der Waals surface area contributed by atoms with Gasteiger partial charge in [-0.25, -0.2) is 9.97 Å². The maximum absolute atomic E-state index is 13.5. The summed E-state index contributed by atoms with van der Waals surface area (Å²) in [6.45, 7) is 9.79. The second-order valence-electron chi connectivity index (χ2n) is 11.3. The molecule has 5 rings (SSSR count). The first kappa shape index (κ1) is 23.7. The smallest absolute Gasteiger partial charge is 0.252 e. The highest BCUT2D eigenvalue weighted by molar-refractivity contribution is 5.98. The molecule has 2 aromatic rings. The highest BCUT2D eigenvalue weighted by Gasteiger charge is 2.53. The Hall–Kier alpha value is -3.00. The molecule has 4 heterocycles. The van der Waals surface area contributed by atoms with Crippen molar-refractivity contribution in [2.75, 3.05) is 31.1 Å². The Balaban J connectivity index is 1.36. The number of rotatable bonds is 4. The number of aromatic nitrogens is 2. The molecule has 0 unspecified atom stereocenters. The van der Waals surface area contributed by atoms with Crippen molar-refractivity contribution in [1.82, 2.24) is 25.5 Å². The van der Waals surface area contributed by atoms with Gasteiger partial charge < -0.3 is 15.5 Å². The van der Waals surface area contributed by atoms with Gasteiger partial charge in [-0.2, -0.15) is 0 Å². The minimum Gasteiger partial charge on any atom is -0.351 e. The highest BCUT2D eigenvalue weighted by Crippen LogP contribution is 2.36. The molecule has 0 bridgehead atoms.